The van der Waals surface area contributed by atoms with Gasteiger partial charge in [0.2, 0.25) is 5.91 Å². The summed E-state index contributed by atoms with van der Waals surface area (Å²) in [4.78, 5) is 23.3. The van der Waals surface area contributed by atoms with Crippen molar-refractivity contribution >= 4 is 11.9 Å². The van der Waals surface area contributed by atoms with Gasteiger partial charge in [0.25, 0.3) is 0 Å². The molecule has 0 heterocycles. The van der Waals surface area contributed by atoms with Gasteiger partial charge in [-0.25, -0.2) is 9.18 Å². The standard InChI is InChI=1S/C15H18FNO3/c1-8-6-9(4-5-11(8)16)12(14(19)20)17-13(18)10-7-15(10,2)3/h4-6,10,12H,7H2,1-3H3,(H,17,18)(H,19,20)/t10-,12?/m1/s1. The number of rotatable bonds is 4. The Labute approximate surface area is 117 Å². The van der Waals surface area contributed by atoms with E-state index in [2.05, 4.69) is 5.32 Å². The molecule has 5 heteroatoms. The Balaban J connectivity index is 2.17. The molecule has 1 aromatic rings. The molecule has 1 fully saturated rings. The Bertz CT molecular complexity index is 568. The molecule has 1 amide bonds. The van der Waals surface area contributed by atoms with Crippen molar-refractivity contribution in [2.75, 3.05) is 0 Å². The summed E-state index contributed by atoms with van der Waals surface area (Å²) in [6.45, 7) is 5.49. The third-order valence-electron chi connectivity index (χ3n) is 3.88. The van der Waals surface area contributed by atoms with Gasteiger partial charge in [-0.1, -0.05) is 26.0 Å². The fourth-order valence-corrected chi connectivity index (χ4v) is 2.29. The monoisotopic (exact) mass is 279 g/mol. The predicted octanol–water partition coefficient (Wildman–Crippen LogP) is 2.42. The van der Waals surface area contributed by atoms with E-state index in [1.807, 2.05) is 13.8 Å². The lowest BCUT2D eigenvalue weighted by molar-refractivity contribution is -0.142. The summed E-state index contributed by atoms with van der Waals surface area (Å²) in [6.07, 6.45) is 0.758. The molecule has 20 heavy (non-hydrogen) atoms. The number of halogens is 1. The molecule has 0 bridgehead atoms. The van der Waals surface area contributed by atoms with Gasteiger partial charge >= 0.3 is 5.97 Å². The lowest BCUT2D eigenvalue weighted by Crippen LogP contribution is -2.35. The van der Waals surface area contributed by atoms with Crippen molar-refractivity contribution in [1.82, 2.24) is 5.32 Å². The van der Waals surface area contributed by atoms with Crippen LogP contribution in [0.1, 0.15) is 37.4 Å². The molecule has 0 aliphatic heterocycles. The molecule has 0 aromatic heterocycles. The van der Waals surface area contributed by atoms with Gasteiger partial charge in [0.15, 0.2) is 6.04 Å². The maximum Gasteiger partial charge on any atom is 0.330 e. The molecule has 2 rings (SSSR count). The normalized spacial score (nSPS) is 21.1. The summed E-state index contributed by atoms with van der Waals surface area (Å²) in [5.41, 5.74) is 0.671. The van der Waals surface area contributed by atoms with Crippen LogP contribution in [-0.4, -0.2) is 17.0 Å². The molecule has 1 aliphatic rings. The maximum absolute atomic E-state index is 13.2. The van der Waals surface area contributed by atoms with E-state index in [9.17, 15) is 19.1 Å². The molecule has 0 radical (unpaired) electrons. The van der Waals surface area contributed by atoms with E-state index in [1.54, 1.807) is 6.92 Å². The smallest absolute Gasteiger partial charge is 0.330 e. The van der Waals surface area contributed by atoms with Crippen molar-refractivity contribution in [3.8, 4) is 0 Å². The molecule has 1 saturated carbocycles. The number of carbonyl (C=O) groups is 2. The molecule has 1 aliphatic carbocycles. The lowest BCUT2D eigenvalue weighted by atomic mass is 10.0. The summed E-state index contributed by atoms with van der Waals surface area (Å²) in [6, 6.07) is 2.91. The number of hydrogen-bond acceptors (Lipinski definition) is 2. The van der Waals surface area contributed by atoms with Gasteiger partial charge in [-0.3, -0.25) is 4.79 Å². The first kappa shape index (κ1) is 14.5. The Hall–Kier alpha value is -1.91. The second-order valence-corrected chi connectivity index (χ2v) is 6.03. The average Bonchev–Trinajstić information content (AvgIpc) is 2.98. The summed E-state index contributed by atoms with van der Waals surface area (Å²) in [7, 11) is 0. The van der Waals surface area contributed by atoms with Crippen LogP contribution in [0.3, 0.4) is 0 Å². The van der Waals surface area contributed by atoms with E-state index in [1.165, 1.54) is 18.2 Å². The van der Waals surface area contributed by atoms with Gasteiger partial charge in [-0.15, -0.1) is 0 Å². The SMILES string of the molecule is Cc1cc(C(NC(=O)[C@H]2CC2(C)C)C(=O)O)ccc1F. The molecule has 1 unspecified atom stereocenters. The van der Waals surface area contributed by atoms with Gasteiger partial charge in [0.05, 0.1) is 0 Å². The second kappa shape index (κ2) is 4.89. The molecule has 4 nitrogen and oxygen atoms in total. The van der Waals surface area contributed by atoms with Gasteiger partial charge in [-0.05, 0) is 36.0 Å². The number of benzene rings is 1. The number of carboxylic acid groups (broad SMARTS) is 1. The fraction of sp³-hybridized carbons (Fsp3) is 0.467. The van der Waals surface area contributed by atoms with Crippen LogP contribution in [-0.2, 0) is 9.59 Å². The van der Waals surface area contributed by atoms with E-state index in [0.29, 0.717) is 11.1 Å². The average molecular weight is 279 g/mol. The van der Waals surface area contributed by atoms with E-state index in [-0.39, 0.29) is 17.2 Å². The number of carbonyl (C=O) groups excluding carboxylic acids is 1. The summed E-state index contributed by atoms with van der Waals surface area (Å²) >= 11 is 0. The fourth-order valence-electron chi connectivity index (χ4n) is 2.29. The Morgan fingerprint density at radius 3 is 2.50 bits per heavy atom. The van der Waals surface area contributed by atoms with Gasteiger partial charge in [0.1, 0.15) is 5.82 Å². The topological polar surface area (TPSA) is 66.4 Å². The minimum Gasteiger partial charge on any atom is -0.479 e. The van der Waals surface area contributed by atoms with E-state index in [0.717, 1.165) is 6.42 Å². The van der Waals surface area contributed by atoms with Crippen molar-refractivity contribution in [2.45, 2.75) is 33.2 Å². The number of aryl methyl sites for hydroxylation is 1. The third kappa shape index (κ3) is 2.81. The molecule has 1 aromatic carbocycles. The van der Waals surface area contributed by atoms with Crippen molar-refractivity contribution < 1.29 is 19.1 Å². The summed E-state index contributed by atoms with van der Waals surface area (Å²) < 4.78 is 13.2. The molecular formula is C15H18FNO3. The van der Waals surface area contributed by atoms with Gasteiger partial charge in [-0.2, -0.15) is 0 Å². The Morgan fingerprint density at radius 1 is 1.45 bits per heavy atom. The number of aliphatic carboxylic acids is 1. The molecule has 0 spiro atoms. The zero-order chi connectivity index (χ0) is 15.1. The van der Waals surface area contributed by atoms with Crippen LogP contribution >= 0.6 is 0 Å². The lowest BCUT2D eigenvalue weighted by Gasteiger charge is -2.16. The predicted molar refractivity (Wildman–Crippen MR) is 71.5 cm³/mol. The van der Waals surface area contributed by atoms with E-state index < -0.39 is 17.8 Å². The van der Waals surface area contributed by atoms with Crippen LogP contribution in [0, 0.1) is 24.1 Å². The number of carboxylic acids is 1. The zero-order valence-corrected chi connectivity index (χ0v) is 11.7. The Morgan fingerprint density at radius 2 is 2.05 bits per heavy atom. The van der Waals surface area contributed by atoms with Crippen molar-refractivity contribution in [3.05, 3.63) is 35.1 Å². The zero-order valence-electron chi connectivity index (χ0n) is 11.7. The van der Waals surface area contributed by atoms with Crippen molar-refractivity contribution in [2.24, 2.45) is 11.3 Å². The second-order valence-electron chi connectivity index (χ2n) is 6.03. The third-order valence-corrected chi connectivity index (χ3v) is 3.88. The minimum atomic E-state index is -1.15. The van der Waals surface area contributed by atoms with Gasteiger partial charge < -0.3 is 10.4 Å². The number of hydrogen-bond donors (Lipinski definition) is 2. The van der Waals surface area contributed by atoms with Crippen LogP contribution in [0.5, 0.6) is 0 Å². The highest BCUT2D eigenvalue weighted by Crippen LogP contribution is 2.51. The molecule has 2 N–H and O–H groups in total. The van der Waals surface area contributed by atoms with Crippen LogP contribution in [0.4, 0.5) is 4.39 Å². The highest BCUT2D eigenvalue weighted by atomic mass is 19.1. The largest absolute Gasteiger partial charge is 0.479 e. The van der Waals surface area contributed by atoms with Crippen molar-refractivity contribution in [3.63, 3.8) is 0 Å². The minimum absolute atomic E-state index is 0.0636. The number of amides is 1. The van der Waals surface area contributed by atoms with Crippen molar-refractivity contribution in [1.29, 1.82) is 0 Å². The highest BCUT2D eigenvalue weighted by molar-refractivity contribution is 5.87. The van der Waals surface area contributed by atoms with Crippen LogP contribution in [0.15, 0.2) is 18.2 Å². The quantitative estimate of drug-likeness (QED) is 0.889. The first-order valence-electron chi connectivity index (χ1n) is 6.51. The van der Waals surface area contributed by atoms with Crippen LogP contribution in [0.2, 0.25) is 0 Å². The summed E-state index contributed by atoms with van der Waals surface area (Å²) in [5, 5.41) is 11.8. The molecule has 2 atom stereocenters. The maximum atomic E-state index is 13.2. The van der Waals surface area contributed by atoms with Crippen LogP contribution in [0.25, 0.3) is 0 Å². The molecule has 108 valence electrons. The first-order chi connectivity index (χ1) is 9.22. The molecular weight excluding hydrogens is 261 g/mol. The highest BCUT2D eigenvalue weighted by Gasteiger charge is 2.51. The molecule has 0 saturated heterocycles. The summed E-state index contributed by atoms with van der Waals surface area (Å²) in [5.74, 6) is -1.95. The van der Waals surface area contributed by atoms with Crippen LogP contribution < -0.4 is 5.32 Å². The first-order valence-corrected chi connectivity index (χ1v) is 6.51. The Kier molecular flexibility index (Phi) is 3.54. The van der Waals surface area contributed by atoms with Gasteiger partial charge in [0, 0.05) is 5.92 Å². The van der Waals surface area contributed by atoms with E-state index >= 15 is 0 Å². The number of nitrogens with one attached hydrogen (secondary N) is 1. The van der Waals surface area contributed by atoms with E-state index in [4.69, 9.17) is 0 Å².